The van der Waals surface area contributed by atoms with E-state index >= 15 is 0 Å². The molecule has 1 aromatic carbocycles. The Morgan fingerprint density at radius 3 is 2.69 bits per heavy atom. The van der Waals surface area contributed by atoms with Crippen LogP contribution in [0.4, 0.5) is 10.1 Å². The van der Waals surface area contributed by atoms with Crippen molar-refractivity contribution in [3.63, 3.8) is 0 Å². The third kappa shape index (κ3) is 2.81. The van der Waals surface area contributed by atoms with Crippen LogP contribution < -0.4 is 5.32 Å². The summed E-state index contributed by atoms with van der Waals surface area (Å²) in [4.78, 5) is 11.6. The van der Waals surface area contributed by atoms with E-state index in [0.717, 1.165) is 12.8 Å². The zero-order chi connectivity index (χ0) is 11.4. The molecule has 0 atom stereocenters. The first-order valence-corrected chi connectivity index (χ1v) is 5.80. The highest BCUT2D eigenvalue weighted by Gasteiger charge is 2.18. The first kappa shape index (κ1) is 11.1. The van der Waals surface area contributed by atoms with Gasteiger partial charge >= 0.3 is 0 Å². The third-order valence-electron chi connectivity index (χ3n) is 3.10. The maximum atomic E-state index is 13.2. The molecule has 1 aliphatic carbocycles. The van der Waals surface area contributed by atoms with Crippen molar-refractivity contribution >= 4 is 11.6 Å². The summed E-state index contributed by atoms with van der Waals surface area (Å²) >= 11 is 0. The van der Waals surface area contributed by atoms with Crippen molar-refractivity contribution in [2.24, 2.45) is 5.92 Å². The Balaban J connectivity index is 1.89. The van der Waals surface area contributed by atoms with Gasteiger partial charge in [0, 0.05) is 6.42 Å². The molecule has 0 heterocycles. The fourth-order valence-electron chi connectivity index (χ4n) is 2.24. The Bertz CT molecular complexity index is 372. The van der Waals surface area contributed by atoms with E-state index < -0.39 is 0 Å². The average molecular weight is 221 g/mol. The lowest BCUT2D eigenvalue weighted by molar-refractivity contribution is -0.117. The van der Waals surface area contributed by atoms with Crippen molar-refractivity contribution < 1.29 is 9.18 Å². The van der Waals surface area contributed by atoms with Gasteiger partial charge in [0.1, 0.15) is 5.82 Å². The second kappa shape index (κ2) is 5.10. The van der Waals surface area contributed by atoms with Crippen LogP contribution in [-0.4, -0.2) is 5.91 Å². The van der Waals surface area contributed by atoms with Gasteiger partial charge in [0.15, 0.2) is 0 Å². The van der Waals surface area contributed by atoms with Gasteiger partial charge in [-0.2, -0.15) is 0 Å². The lowest BCUT2D eigenvalue weighted by Crippen LogP contribution is -2.15. The van der Waals surface area contributed by atoms with E-state index in [1.54, 1.807) is 18.2 Å². The maximum absolute atomic E-state index is 13.2. The molecule has 1 aromatic rings. The molecular formula is C13H16FNO. The van der Waals surface area contributed by atoms with Crippen LogP contribution >= 0.6 is 0 Å². The number of benzene rings is 1. The van der Waals surface area contributed by atoms with Gasteiger partial charge in [0.25, 0.3) is 0 Å². The van der Waals surface area contributed by atoms with E-state index in [-0.39, 0.29) is 17.4 Å². The van der Waals surface area contributed by atoms with E-state index in [1.165, 1.54) is 18.9 Å². The number of carbonyl (C=O) groups excluding carboxylic acids is 1. The Hall–Kier alpha value is -1.38. The van der Waals surface area contributed by atoms with E-state index in [0.29, 0.717) is 12.3 Å². The smallest absolute Gasteiger partial charge is 0.224 e. The quantitative estimate of drug-likeness (QED) is 0.833. The molecule has 0 unspecified atom stereocenters. The number of amides is 1. The van der Waals surface area contributed by atoms with E-state index in [1.807, 2.05) is 0 Å². The SMILES string of the molecule is O=C(CC1CCCC1)Nc1ccccc1F. The molecule has 2 rings (SSSR count). The van der Waals surface area contributed by atoms with Crippen LogP contribution in [-0.2, 0) is 4.79 Å². The zero-order valence-corrected chi connectivity index (χ0v) is 9.21. The molecule has 0 saturated heterocycles. The molecule has 1 fully saturated rings. The van der Waals surface area contributed by atoms with Gasteiger partial charge in [0.05, 0.1) is 5.69 Å². The number of para-hydroxylation sites is 1. The number of anilines is 1. The van der Waals surface area contributed by atoms with Crippen LogP contribution in [0.5, 0.6) is 0 Å². The van der Waals surface area contributed by atoms with Crippen molar-refractivity contribution in [3.8, 4) is 0 Å². The van der Waals surface area contributed by atoms with Gasteiger partial charge in [-0.25, -0.2) is 4.39 Å². The number of carbonyl (C=O) groups is 1. The highest BCUT2D eigenvalue weighted by atomic mass is 19.1. The molecule has 1 amide bonds. The highest BCUT2D eigenvalue weighted by molar-refractivity contribution is 5.90. The number of nitrogens with one attached hydrogen (secondary N) is 1. The summed E-state index contributed by atoms with van der Waals surface area (Å²) in [7, 11) is 0. The first-order valence-electron chi connectivity index (χ1n) is 5.80. The minimum atomic E-state index is -0.373. The van der Waals surface area contributed by atoms with Gasteiger partial charge in [-0.15, -0.1) is 0 Å². The third-order valence-corrected chi connectivity index (χ3v) is 3.10. The van der Waals surface area contributed by atoms with Crippen LogP contribution in [0.1, 0.15) is 32.1 Å². The second-order valence-electron chi connectivity index (χ2n) is 4.38. The predicted octanol–water partition coefficient (Wildman–Crippen LogP) is 3.34. The number of halogens is 1. The molecule has 1 saturated carbocycles. The fraction of sp³-hybridized carbons (Fsp3) is 0.462. The molecule has 3 heteroatoms. The molecule has 1 N–H and O–H groups in total. The van der Waals surface area contributed by atoms with Crippen molar-refractivity contribution in [3.05, 3.63) is 30.1 Å². The Morgan fingerprint density at radius 1 is 1.31 bits per heavy atom. The monoisotopic (exact) mass is 221 g/mol. The summed E-state index contributed by atoms with van der Waals surface area (Å²) in [6.45, 7) is 0. The minimum Gasteiger partial charge on any atom is -0.324 e. The highest BCUT2D eigenvalue weighted by Crippen LogP contribution is 2.27. The first-order chi connectivity index (χ1) is 7.75. The van der Waals surface area contributed by atoms with Gasteiger partial charge in [-0.1, -0.05) is 25.0 Å². The summed E-state index contributed by atoms with van der Waals surface area (Å²) in [6, 6.07) is 6.27. The number of rotatable bonds is 3. The van der Waals surface area contributed by atoms with Crippen LogP contribution in [0.3, 0.4) is 0 Å². The van der Waals surface area contributed by atoms with Crippen LogP contribution in [0, 0.1) is 11.7 Å². The van der Waals surface area contributed by atoms with Crippen molar-refractivity contribution in [2.75, 3.05) is 5.32 Å². The largest absolute Gasteiger partial charge is 0.324 e. The van der Waals surface area contributed by atoms with Crippen molar-refractivity contribution in [1.82, 2.24) is 0 Å². The summed E-state index contributed by atoms with van der Waals surface area (Å²) in [5.74, 6) is 0.0473. The minimum absolute atomic E-state index is 0.0722. The van der Waals surface area contributed by atoms with Crippen molar-refractivity contribution in [1.29, 1.82) is 0 Å². The van der Waals surface area contributed by atoms with Gasteiger partial charge in [-0.3, -0.25) is 4.79 Å². The molecule has 0 aliphatic heterocycles. The molecule has 1 aliphatic rings. The lowest BCUT2D eigenvalue weighted by Gasteiger charge is -2.09. The van der Waals surface area contributed by atoms with E-state index in [9.17, 15) is 9.18 Å². The van der Waals surface area contributed by atoms with Crippen LogP contribution in [0.2, 0.25) is 0 Å². The molecule has 86 valence electrons. The van der Waals surface area contributed by atoms with Gasteiger partial charge in [0.2, 0.25) is 5.91 Å². The molecule has 2 nitrogen and oxygen atoms in total. The van der Waals surface area contributed by atoms with Gasteiger partial charge in [-0.05, 0) is 30.9 Å². The van der Waals surface area contributed by atoms with Gasteiger partial charge < -0.3 is 5.32 Å². The topological polar surface area (TPSA) is 29.1 Å². The molecular weight excluding hydrogens is 205 g/mol. The summed E-state index contributed by atoms with van der Waals surface area (Å²) in [5.41, 5.74) is 0.283. The van der Waals surface area contributed by atoms with Crippen LogP contribution in [0.15, 0.2) is 24.3 Å². The Kier molecular flexibility index (Phi) is 3.54. The second-order valence-corrected chi connectivity index (χ2v) is 4.38. The van der Waals surface area contributed by atoms with E-state index in [2.05, 4.69) is 5.32 Å². The van der Waals surface area contributed by atoms with E-state index in [4.69, 9.17) is 0 Å². The van der Waals surface area contributed by atoms with Crippen LogP contribution in [0.25, 0.3) is 0 Å². The maximum Gasteiger partial charge on any atom is 0.224 e. The molecule has 0 radical (unpaired) electrons. The lowest BCUT2D eigenvalue weighted by atomic mass is 10.0. The number of hydrogen-bond donors (Lipinski definition) is 1. The fourth-order valence-corrected chi connectivity index (χ4v) is 2.24. The number of hydrogen-bond acceptors (Lipinski definition) is 1. The average Bonchev–Trinajstić information content (AvgIpc) is 2.74. The summed E-state index contributed by atoms with van der Waals surface area (Å²) in [6.07, 6.45) is 5.22. The van der Waals surface area contributed by atoms with Crippen molar-refractivity contribution in [2.45, 2.75) is 32.1 Å². The molecule has 0 bridgehead atoms. The Morgan fingerprint density at radius 2 is 2.00 bits per heavy atom. The summed E-state index contributed by atoms with van der Waals surface area (Å²) < 4.78 is 13.2. The molecule has 0 spiro atoms. The summed E-state index contributed by atoms with van der Waals surface area (Å²) in [5, 5.41) is 2.62. The normalized spacial score (nSPS) is 16.3. The standard InChI is InChI=1S/C13H16FNO/c14-11-7-3-4-8-12(11)15-13(16)9-10-5-1-2-6-10/h3-4,7-8,10H,1-2,5-6,9H2,(H,15,16). The Labute approximate surface area is 94.9 Å². The predicted molar refractivity (Wildman–Crippen MR) is 61.6 cm³/mol. The zero-order valence-electron chi connectivity index (χ0n) is 9.21. The molecule has 0 aromatic heterocycles. The molecule has 16 heavy (non-hydrogen) atoms.